The number of likely N-dealkylation sites (tertiary alicyclic amines) is 1. The summed E-state index contributed by atoms with van der Waals surface area (Å²) >= 11 is 0. The summed E-state index contributed by atoms with van der Waals surface area (Å²) in [5, 5.41) is 4.27. The summed E-state index contributed by atoms with van der Waals surface area (Å²) in [4.78, 5) is 17.6. The monoisotopic (exact) mass is 345 g/mol. The fourth-order valence-corrected chi connectivity index (χ4v) is 3.22. The second kappa shape index (κ2) is 8.36. The molecule has 0 bridgehead atoms. The van der Waals surface area contributed by atoms with Gasteiger partial charge in [-0.25, -0.2) is 4.79 Å². The molecule has 1 saturated heterocycles. The average Bonchev–Trinajstić information content (AvgIpc) is 3.10. The molecule has 2 N–H and O–H groups in total. The number of urea groups is 1. The van der Waals surface area contributed by atoms with E-state index in [-0.39, 0.29) is 18.2 Å². The van der Waals surface area contributed by atoms with Gasteiger partial charge in [-0.3, -0.25) is 0 Å². The van der Waals surface area contributed by atoms with Crippen molar-refractivity contribution in [1.82, 2.24) is 15.2 Å². The predicted octanol–water partition coefficient (Wildman–Crippen LogP) is 3.07. The number of rotatable bonds is 6. The highest BCUT2D eigenvalue weighted by molar-refractivity contribution is 5.80. The fraction of sp³-hybridized carbons (Fsp3) is 0.526. The quantitative estimate of drug-likeness (QED) is 0.791. The molecule has 2 amide bonds. The summed E-state index contributed by atoms with van der Waals surface area (Å²) in [6.45, 7) is 4.71. The summed E-state index contributed by atoms with van der Waals surface area (Å²) in [6, 6.07) is 8.24. The molecule has 2 heterocycles. The number of benzene rings is 1. The molecule has 6 heteroatoms. The van der Waals surface area contributed by atoms with Gasteiger partial charge in [-0.05, 0) is 48.9 Å². The number of amides is 2. The summed E-state index contributed by atoms with van der Waals surface area (Å²) in [6.07, 6.45) is 3.91. The van der Waals surface area contributed by atoms with E-state index in [4.69, 9.17) is 9.47 Å². The van der Waals surface area contributed by atoms with Crippen LogP contribution in [0.15, 0.2) is 30.5 Å². The van der Waals surface area contributed by atoms with Crippen LogP contribution >= 0.6 is 0 Å². The molecule has 1 aromatic carbocycles. The Morgan fingerprint density at radius 3 is 2.88 bits per heavy atom. The minimum Gasteiger partial charge on any atom is -0.382 e. The topological polar surface area (TPSA) is 66.6 Å². The summed E-state index contributed by atoms with van der Waals surface area (Å²) in [7, 11) is 1.67. The van der Waals surface area contributed by atoms with E-state index in [9.17, 15) is 4.79 Å². The van der Waals surface area contributed by atoms with E-state index in [2.05, 4.69) is 28.5 Å². The van der Waals surface area contributed by atoms with Crippen molar-refractivity contribution in [3.63, 3.8) is 0 Å². The molecule has 136 valence electrons. The van der Waals surface area contributed by atoms with Gasteiger partial charge in [0.15, 0.2) is 0 Å². The van der Waals surface area contributed by atoms with E-state index in [1.807, 2.05) is 24.1 Å². The molecule has 0 radical (unpaired) electrons. The average molecular weight is 345 g/mol. The normalized spacial score (nSPS) is 17.0. The predicted molar refractivity (Wildman–Crippen MR) is 97.7 cm³/mol. The van der Waals surface area contributed by atoms with Crippen LogP contribution in [0.1, 0.15) is 31.4 Å². The van der Waals surface area contributed by atoms with Crippen LogP contribution in [0.2, 0.25) is 0 Å². The number of aromatic nitrogens is 1. The van der Waals surface area contributed by atoms with Gasteiger partial charge in [0.25, 0.3) is 0 Å². The first-order valence-corrected chi connectivity index (χ1v) is 8.90. The number of fused-ring (bicyclic) bond motifs is 1. The van der Waals surface area contributed by atoms with Crippen LogP contribution < -0.4 is 5.32 Å². The third kappa shape index (κ3) is 4.52. The maximum absolute atomic E-state index is 12.5. The molecule has 1 aliphatic rings. The largest absolute Gasteiger partial charge is 0.382 e. The number of methoxy groups -OCH3 is 1. The standard InChI is InChI=1S/C19H27N3O3/c1-14(15-3-4-18-16(13-15)5-8-20-18)21-19(23)22-9-6-17(7-10-22)25-12-11-24-2/h3-5,8,13-14,17,20H,6-7,9-12H2,1-2H3,(H,21,23). The highest BCUT2D eigenvalue weighted by atomic mass is 16.5. The van der Waals surface area contributed by atoms with E-state index >= 15 is 0 Å². The van der Waals surface area contributed by atoms with Gasteiger partial charge in [0.05, 0.1) is 25.4 Å². The van der Waals surface area contributed by atoms with Gasteiger partial charge in [0, 0.05) is 31.9 Å². The van der Waals surface area contributed by atoms with Crippen LogP contribution in [0.3, 0.4) is 0 Å². The highest BCUT2D eigenvalue weighted by Crippen LogP contribution is 2.20. The molecular weight excluding hydrogens is 318 g/mol. The van der Waals surface area contributed by atoms with Crippen LogP contribution in [0.5, 0.6) is 0 Å². The van der Waals surface area contributed by atoms with Gasteiger partial charge >= 0.3 is 6.03 Å². The van der Waals surface area contributed by atoms with Crippen molar-refractivity contribution in [2.45, 2.75) is 31.9 Å². The maximum atomic E-state index is 12.5. The molecule has 1 atom stereocenters. The number of carbonyl (C=O) groups excluding carboxylic acids is 1. The SMILES string of the molecule is COCCOC1CCN(C(=O)NC(C)c2ccc3[nH]ccc3c2)CC1. The van der Waals surface area contributed by atoms with Gasteiger partial charge in [-0.2, -0.15) is 0 Å². The van der Waals surface area contributed by atoms with Gasteiger partial charge in [0.1, 0.15) is 0 Å². The van der Waals surface area contributed by atoms with E-state index < -0.39 is 0 Å². The van der Waals surface area contributed by atoms with Crippen LogP contribution in [-0.4, -0.2) is 55.4 Å². The molecule has 1 aromatic heterocycles. The fourth-order valence-electron chi connectivity index (χ4n) is 3.22. The van der Waals surface area contributed by atoms with Crippen LogP contribution in [0, 0.1) is 0 Å². The number of ether oxygens (including phenoxy) is 2. The number of nitrogens with zero attached hydrogens (tertiary/aromatic N) is 1. The molecule has 0 saturated carbocycles. The molecule has 25 heavy (non-hydrogen) atoms. The molecular formula is C19H27N3O3. The Hall–Kier alpha value is -2.05. The molecule has 1 aliphatic heterocycles. The van der Waals surface area contributed by atoms with Crippen molar-refractivity contribution in [3.05, 3.63) is 36.0 Å². The Labute approximate surface area is 148 Å². The Kier molecular flexibility index (Phi) is 5.94. The zero-order valence-electron chi connectivity index (χ0n) is 15.0. The van der Waals surface area contributed by atoms with Crippen molar-refractivity contribution in [1.29, 1.82) is 0 Å². The zero-order valence-corrected chi connectivity index (χ0v) is 15.0. The van der Waals surface area contributed by atoms with Crippen molar-refractivity contribution in [3.8, 4) is 0 Å². The third-order valence-electron chi connectivity index (χ3n) is 4.79. The van der Waals surface area contributed by atoms with Gasteiger partial charge in [-0.15, -0.1) is 0 Å². The first-order chi connectivity index (χ1) is 12.2. The van der Waals surface area contributed by atoms with Crippen molar-refractivity contribution < 1.29 is 14.3 Å². The van der Waals surface area contributed by atoms with Gasteiger partial charge in [-0.1, -0.05) is 6.07 Å². The minimum atomic E-state index is -0.0255. The van der Waals surface area contributed by atoms with Crippen molar-refractivity contribution in [2.24, 2.45) is 0 Å². The number of nitrogens with one attached hydrogen (secondary N) is 2. The van der Waals surface area contributed by atoms with Gasteiger partial charge < -0.3 is 24.7 Å². The van der Waals surface area contributed by atoms with Crippen LogP contribution in [0.4, 0.5) is 4.79 Å². The lowest BCUT2D eigenvalue weighted by atomic mass is 10.1. The second-order valence-corrected chi connectivity index (χ2v) is 6.55. The second-order valence-electron chi connectivity index (χ2n) is 6.55. The number of piperidine rings is 1. The number of carbonyl (C=O) groups is 1. The lowest BCUT2D eigenvalue weighted by Gasteiger charge is -2.32. The lowest BCUT2D eigenvalue weighted by Crippen LogP contribution is -2.46. The Bertz CT molecular complexity index is 692. The van der Waals surface area contributed by atoms with Crippen molar-refractivity contribution in [2.75, 3.05) is 33.4 Å². The van der Waals surface area contributed by atoms with Crippen molar-refractivity contribution >= 4 is 16.9 Å². The third-order valence-corrected chi connectivity index (χ3v) is 4.79. The first-order valence-electron chi connectivity index (χ1n) is 8.90. The van der Waals surface area contributed by atoms with Crippen LogP contribution in [-0.2, 0) is 9.47 Å². The minimum absolute atomic E-state index is 0.00277. The smallest absolute Gasteiger partial charge is 0.317 e. The number of aromatic amines is 1. The van der Waals surface area contributed by atoms with Gasteiger partial charge in [0.2, 0.25) is 0 Å². The zero-order chi connectivity index (χ0) is 17.6. The first kappa shape index (κ1) is 17.8. The van der Waals surface area contributed by atoms with E-state index in [1.54, 1.807) is 7.11 Å². The highest BCUT2D eigenvalue weighted by Gasteiger charge is 2.24. The molecule has 1 fully saturated rings. The van der Waals surface area contributed by atoms with E-state index in [1.165, 1.54) is 0 Å². The molecule has 1 unspecified atom stereocenters. The van der Waals surface area contributed by atoms with E-state index in [0.717, 1.165) is 42.4 Å². The summed E-state index contributed by atoms with van der Waals surface area (Å²) < 4.78 is 10.7. The van der Waals surface area contributed by atoms with E-state index in [0.29, 0.717) is 13.2 Å². The Morgan fingerprint density at radius 1 is 1.32 bits per heavy atom. The Morgan fingerprint density at radius 2 is 2.12 bits per heavy atom. The lowest BCUT2D eigenvalue weighted by molar-refractivity contribution is -0.00929. The molecule has 0 spiro atoms. The molecule has 0 aliphatic carbocycles. The Balaban J connectivity index is 1.48. The maximum Gasteiger partial charge on any atom is 0.317 e. The number of hydrogen-bond acceptors (Lipinski definition) is 3. The summed E-state index contributed by atoms with van der Waals surface area (Å²) in [5.74, 6) is 0. The molecule has 6 nitrogen and oxygen atoms in total. The summed E-state index contributed by atoms with van der Waals surface area (Å²) in [5.41, 5.74) is 2.22. The molecule has 3 rings (SSSR count). The number of H-pyrrole nitrogens is 1. The molecule has 2 aromatic rings. The van der Waals surface area contributed by atoms with Crippen LogP contribution in [0.25, 0.3) is 10.9 Å². The number of hydrogen-bond donors (Lipinski definition) is 2.